The van der Waals surface area contributed by atoms with Crippen LogP contribution in [0.5, 0.6) is 0 Å². The summed E-state index contributed by atoms with van der Waals surface area (Å²) in [6, 6.07) is -4.75. The highest BCUT2D eigenvalue weighted by Gasteiger charge is 2.30. The molecule has 4 atom stereocenters. The molecule has 194 valence electrons. The molecule has 0 fully saturated rings. The lowest BCUT2D eigenvalue weighted by Crippen LogP contribution is -2.57. The first-order valence-corrected chi connectivity index (χ1v) is 11.2. The minimum absolute atomic E-state index is 0.0262. The summed E-state index contributed by atoms with van der Waals surface area (Å²) in [6.45, 7) is 3.54. The molecule has 11 N–H and O–H groups in total. The molecule has 34 heavy (non-hydrogen) atoms. The molecule has 0 rings (SSSR count). The molecule has 3 amide bonds. The van der Waals surface area contributed by atoms with Crippen LogP contribution in [-0.4, -0.2) is 82.3 Å². The van der Waals surface area contributed by atoms with Crippen molar-refractivity contribution in [3.05, 3.63) is 0 Å². The highest BCUT2D eigenvalue weighted by molar-refractivity contribution is 7.80. The average Bonchev–Trinajstić information content (AvgIpc) is 2.74. The van der Waals surface area contributed by atoms with Crippen LogP contribution >= 0.6 is 12.6 Å². The van der Waals surface area contributed by atoms with Gasteiger partial charge in [0, 0.05) is 18.7 Å². The van der Waals surface area contributed by atoms with Gasteiger partial charge < -0.3 is 43.4 Å². The highest BCUT2D eigenvalue weighted by atomic mass is 32.1. The van der Waals surface area contributed by atoms with Crippen LogP contribution in [-0.2, 0) is 24.0 Å². The first-order valence-electron chi connectivity index (χ1n) is 10.6. The summed E-state index contributed by atoms with van der Waals surface area (Å²) in [5.74, 6) is -5.40. The number of aliphatic imine (C=N–C) groups is 1. The van der Waals surface area contributed by atoms with Crippen LogP contribution < -0.4 is 33.2 Å². The van der Waals surface area contributed by atoms with E-state index in [1.165, 1.54) is 0 Å². The number of nitrogens with two attached hydrogens (primary N) is 3. The normalized spacial score (nSPS) is 14.3. The van der Waals surface area contributed by atoms with Gasteiger partial charge in [0.2, 0.25) is 17.7 Å². The topological polar surface area (TPSA) is 252 Å². The van der Waals surface area contributed by atoms with Crippen LogP contribution in [0, 0.1) is 5.92 Å². The molecule has 0 aliphatic carbocycles. The van der Waals surface area contributed by atoms with Crippen LogP contribution in [0.2, 0.25) is 0 Å². The Morgan fingerprint density at radius 2 is 1.38 bits per heavy atom. The summed E-state index contributed by atoms with van der Waals surface area (Å²) < 4.78 is 0. The van der Waals surface area contributed by atoms with E-state index in [0.29, 0.717) is 0 Å². The van der Waals surface area contributed by atoms with Gasteiger partial charge in [0.15, 0.2) is 5.96 Å². The molecule has 15 heteroatoms. The molecule has 0 spiro atoms. The van der Waals surface area contributed by atoms with Crippen molar-refractivity contribution in [3.63, 3.8) is 0 Å². The zero-order valence-corrected chi connectivity index (χ0v) is 20.1. The Morgan fingerprint density at radius 1 is 0.882 bits per heavy atom. The number of thiol groups is 1. The number of amides is 3. The quantitative estimate of drug-likeness (QED) is 0.0456. The lowest BCUT2D eigenvalue weighted by molar-refractivity contribution is -0.141. The molecular formula is C19H35N7O7S. The second-order valence-corrected chi connectivity index (χ2v) is 8.22. The lowest BCUT2D eigenvalue weighted by atomic mass is 10.0. The Hall–Kier alpha value is -3.07. The first-order chi connectivity index (χ1) is 15.8. The Kier molecular flexibility index (Phi) is 14.3. The Balaban J connectivity index is 5.59. The zero-order valence-electron chi connectivity index (χ0n) is 19.2. The maximum absolute atomic E-state index is 12.9. The number of guanidine groups is 1. The van der Waals surface area contributed by atoms with Gasteiger partial charge in [-0.05, 0) is 25.2 Å². The van der Waals surface area contributed by atoms with Crippen LogP contribution in [0.3, 0.4) is 0 Å². The van der Waals surface area contributed by atoms with E-state index in [4.69, 9.17) is 27.4 Å². The number of aliphatic carboxylic acids is 2. The summed E-state index contributed by atoms with van der Waals surface area (Å²) in [5.41, 5.74) is 16.3. The van der Waals surface area contributed by atoms with Gasteiger partial charge in [-0.2, -0.15) is 12.6 Å². The minimum Gasteiger partial charge on any atom is -0.481 e. The van der Waals surface area contributed by atoms with Crippen LogP contribution in [0.15, 0.2) is 4.99 Å². The number of carbonyl (C=O) groups is 5. The number of hydrogen-bond acceptors (Lipinski definition) is 8. The van der Waals surface area contributed by atoms with Crippen molar-refractivity contribution in [2.24, 2.45) is 28.1 Å². The number of rotatable bonds is 16. The molecule has 0 heterocycles. The van der Waals surface area contributed by atoms with Crippen LogP contribution in [0.25, 0.3) is 0 Å². The van der Waals surface area contributed by atoms with Gasteiger partial charge in [-0.25, -0.2) is 4.79 Å². The van der Waals surface area contributed by atoms with E-state index in [1.54, 1.807) is 13.8 Å². The third kappa shape index (κ3) is 12.2. The number of carboxylic acids is 2. The first kappa shape index (κ1) is 30.9. The van der Waals surface area contributed by atoms with Gasteiger partial charge in [0.1, 0.15) is 18.1 Å². The summed E-state index contributed by atoms with van der Waals surface area (Å²) in [6.07, 6.45) is -0.413. The van der Waals surface area contributed by atoms with Crippen molar-refractivity contribution in [1.29, 1.82) is 0 Å². The van der Waals surface area contributed by atoms with Crippen molar-refractivity contribution in [1.82, 2.24) is 16.0 Å². The molecule has 0 aliphatic rings. The number of nitrogens with one attached hydrogen (secondary N) is 3. The van der Waals surface area contributed by atoms with Gasteiger partial charge in [0.05, 0.1) is 6.04 Å². The second-order valence-electron chi connectivity index (χ2n) is 7.86. The molecule has 0 aromatic heterocycles. The summed E-state index contributed by atoms with van der Waals surface area (Å²) >= 11 is 3.89. The molecule has 14 nitrogen and oxygen atoms in total. The fraction of sp³-hybridized carbons (Fsp3) is 0.684. The predicted octanol–water partition coefficient (Wildman–Crippen LogP) is -2.64. The van der Waals surface area contributed by atoms with E-state index < -0.39 is 60.2 Å². The molecule has 0 saturated heterocycles. The third-order valence-electron chi connectivity index (χ3n) is 4.68. The third-order valence-corrected chi connectivity index (χ3v) is 5.04. The Labute approximate surface area is 202 Å². The molecule has 0 bridgehead atoms. The SMILES string of the molecule is CC(C)C(N)C(=O)NC(CCC(=O)O)C(=O)NC(CCCN=C(N)N)C(=O)NC(CS)C(=O)O. The maximum atomic E-state index is 12.9. The van der Waals surface area contributed by atoms with Gasteiger partial charge in [0.25, 0.3) is 0 Å². The molecular weight excluding hydrogens is 470 g/mol. The van der Waals surface area contributed by atoms with Crippen molar-refractivity contribution in [3.8, 4) is 0 Å². The molecule has 0 aromatic rings. The van der Waals surface area contributed by atoms with E-state index in [0.717, 1.165) is 0 Å². The van der Waals surface area contributed by atoms with Gasteiger partial charge in [-0.3, -0.25) is 24.2 Å². The fourth-order valence-electron chi connectivity index (χ4n) is 2.61. The van der Waals surface area contributed by atoms with Crippen LogP contribution in [0.1, 0.15) is 39.5 Å². The number of carbonyl (C=O) groups excluding carboxylic acids is 3. The number of carboxylic acid groups (broad SMARTS) is 2. The van der Waals surface area contributed by atoms with Crippen molar-refractivity contribution in [2.75, 3.05) is 12.3 Å². The summed E-state index contributed by atoms with van der Waals surface area (Å²) in [4.78, 5) is 63.9. The lowest BCUT2D eigenvalue weighted by Gasteiger charge is -2.25. The van der Waals surface area contributed by atoms with Crippen LogP contribution in [0.4, 0.5) is 0 Å². The molecule has 0 saturated carbocycles. The standard InChI is InChI=1S/C19H35N7O7S/c1-9(2)14(20)17(31)25-11(5-6-13(27)28)16(30)24-10(4-3-7-23-19(21)22)15(29)26-12(8-34)18(32)33/h9-12,14,34H,3-8,20H2,1-2H3,(H,24,30)(H,25,31)(H,26,29)(H,27,28)(H,32,33)(H4,21,22,23). The molecule has 4 unspecified atom stereocenters. The van der Waals surface area contributed by atoms with E-state index in [-0.39, 0.29) is 43.4 Å². The highest BCUT2D eigenvalue weighted by Crippen LogP contribution is 2.06. The van der Waals surface area contributed by atoms with Crippen molar-refractivity contribution < 1.29 is 34.2 Å². The molecule has 0 radical (unpaired) electrons. The Morgan fingerprint density at radius 3 is 1.82 bits per heavy atom. The number of nitrogens with zero attached hydrogens (tertiary/aromatic N) is 1. The smallest absolute Gasteiger partial charge is 0.327 e. The molecule has 0 aliphatic heterocycles. The maximum Gasteiger partial charge on any atom is 0.327 e. The second kappa shape index (κ2) is 15.7. The molecule has 0 aromatic carbocycles. The summed E-state index contributed by atoms with van der Waals surface area (Å²) in [5, 5.41) is 25.3. The largest absolute Gasteiger partial charge is 0.481 e. The monoisotopic (exact) mass is 505 g/mol. The number of hydrogen-bond donors (Lipinski definition) is 9. The van der Waals surface area contributed by atoms with Crippen molar-refractivity contribution in [2.45, 2.75) is 63.7 Å². The predicted molar refractivity (Wildman–Crippen MR) is 127 cm³/mol. The summed E-state index contributed by atoms with van der Waals surface area (Å²) in [7, 11) is 0. The van der Waals surface area contributed by atoms with E-state index in [1.807, 2.05) is 0 Å². The average molecular weight is 506 g/mol. The fourth-order valence-corrected chi connectivity index (χ4v) is 2.86. The van der Waals surface area contributed by atoms with Gasteiger partial charge in [-0.15, -0.1) is 0 Å². The van der Waals surface area contributed by atoms with Gasteiger partial charge >= 0.3 is 11.9 Å². The van der Waals surface area contributed by atoms with E-state index in [9.17, 15) is 24.0 Å². The minimum atomic E-state index is -1.32. The van der Waals surface area contributed by atoms with E-state index >= 15 is 0 Å². The van der Waals surface area contributed by atoms with Gasteiger partial charge in [-0.1, -0.05) is 13.8 Å². The van der Waals surface area contributed by atoms with E-state index in [2.05, 4.69) is 33.6 Å². The van der Waals surface area contributed by atoms with Crippen molar-refractivity contribution >= 4 is 48.2 Å². The zero-order chi connectivity index (χ0) is 26.4. The Bertz CT molecular complexity index is 759.